The molecule has 0 spiro atoms. The molecule has 1 heterocycles. The number of methoxy groups -OCH3 is 1. The number of ether oxygens (including phenoxy) is 2. The van der Waals surface area contributed by atoms with Gasteiger partial charge >= 0.3 is 6.09 Å². The Kier molecular flexibility index (Phi) is 4.77. The first kappa shape index (κ1) is 14.3. The van der Waals surface area contributed by atoms with Gasteiger partial charge < -0.3 is 19.5 Å². The first-order chi connectivity index (χ1) is 7.87. The molecule has 1 amide bonds. The van der Waals surface area contributed by atoms with Crippen LogP contribution in [0.1, 0.15) is 27.2 Å². The third kappa shape index (κ3) is 4.16. The van der Waals surface area contributed by atoms with Crippen molar-refractivity contribution in [3.05, 3.63) is 0 Å². The molecule has 0 aromatic heterocycles. The molecule has 0 aromatic rings. The average Bonchev–Trinajstić information content (AvgIpc) is 2.59. The predicted molar refractivity (Wildman–Crippen MR) is 63.8 cm³/mol. The zero-order valence-electron chi connectivity index (χ0n) is 11.1. The number of rotatable bonds is 3. The van der Waals surface area contributed by atoms with Crippen LogP contribution in [0.3, 0.4) is 0 Å². The summed E-state index contributed by atoms with van der Waals surface area (Å²) in [6.07, 6.45) is 0.416. The molecular weight excluding hydrogens is 222 g/mol. The van der Waals surface area contributed by atoms with Crippen molar-refractivity contribution in [2.75, 3.05) is 26.9 Å². The lowest BCUT2D eigenvalue weighted by Gasteiger charge is -2.27. The van der Waals surface area contributed by atoms with Crippen molar-refractivity contribution in [3.63, 3.8) is 0 Å². The number of hydrogen-bond donors (Lipinski definition) is 1. The van der Waals surface area contributed by atoms with Gasteiger partial charge in [0.2, 0.25) is 0 Å². The van der Waals surface area contributed by atoms with Crippen LogP contribution >= 0.6 is 0 Å². The minimum absolute atomic E-state index is 0.0283. The average molecular weight is 245 g/mol. The summed E-state index contributed by atoms with van der Waals surface area (Å²) in [6, 6.07) is -0.148. The first-order valence-electron chi connectivity index (χ1n) is 5.96. The molecule has 5 heteroatoms. The number of carbonyl (C=O) groups excluding carboxylic acids is 1. The number of aliphatic hydroxyl groups is 1. The van der Waals surface area contributed by atoms with Gasteiger partial charge in [0, 0.05) is 19.6 Å². The van der Waals surface area contributed by atoms with Gasteiger partial charge in [-0.1, -0.05) is 0 Å². The van der Waals surface area contributed by atoms with E-state index in [1.165, 1.54) is 0 Å². The maximum absolute atomic E-state index is 11.9. The molecule has 17 heavy (non-hydrogen) atoms. The SMILES string of the molecule is COCC1CC(CO)N(C(=O)OC(C)(C)C)C1. The van der Waals surface area contributed by atoms with Crippen LogP contribution in [0.4, 0.5) is 4.79 Å². The Balaban J connectivity index is 2.59. The van der Waals surface area contributed by atoms with Gasteiger partial charge in [0.05, 0.1) is 19.3 Å². The molecule has 1 aliphatic rings. The number of carbonyl (C=O) groups is 1. The van der Waals surface area contributed by atoms with Crippen LogP contribution in [-0.2, 0) is 9.47 Å². The van der Waals surface area contributed by atoms with Crippen LogP contribution < -0.4 is 0 Å². The molecule has 1 aliphatic heterocycles. The number of nitrogens with zero attached hydrogens (tertiary/aromatic N) is 1. The molecular formula is C12H23NO4. The highest BCUT2D eigenvalue weighted by Gasteiger charge is 2.36. The number of hydrogen-bond acceptors (Lipinski definition) is 4. The third-order valence-corrected chi connectivity index (χ3v) is 2.74. The molecule has 0 aliphatic carbocycles. The van der Waals surface area contributed by atoms with Crippen LogP contribution in [0, 0.1) is 5.92 Å². The fourth-order valence-electron chi connectivity index (χ4n) is 2.09. The number of amides is 1. The Bertz CT molecular complexity index is 262. The van der Waals surface area contributed by atoms with Crippen molar-refractivity contribution in [2.24, 2.45) is 5.92 Å². The smallest absolute Gasteiger partial charge is 0.410 e. The Morgan fingerprint density at radius 2 is 2.12 bits per heavy atom. The number of aliphatic hydroxyl groups excluding tert-OH is 1. The number of likely N-dealkylation sites (tertiary alicyclic amines) is 1. The van der Waals surface area contributed by atoms with Gasteiger partial charge in [0.1, 0.15) is 5.60 Å². The summed E-state index contributed by atoms with van der Waals surface area (Å²) in [5, 5.41) is 9.28. The minimum atomic E-state index is -0.504. The Hall–Kier alpha value is -0.810. The zero-order chi connectivity index (χ0) is 13.1. The van der Waals surface area contributed by atoms with Crippen molar-refractivity contribution in [1.29, 1.82) is 0 Å². The minimum Gasteiger partial charge on any atom is -0.444 e. The summed E-state index contributed by atoms with van der Waals surface area (Å²) in [6.45, 7) is 6.67. The van der Waals surface area contributed by atoms with E-state index in [4.69, 9.17) is 9.47 Å². The normalized spacial score (nSPS) is 25.1. The van der Waals surface area contributed by atoms with Crippen LogP contribution in [0.5, 0.6) is 0 Å². The van der Waals surface area contributed by atoms with Crippen molar-refractivity contribution < 1.29 is 19.4 Å². The van der Waals surface area contributed by atoms with E-state index in [1.54, 1.807) is 12.0 Å². The summed E-state index contributed by atoms with van der Waals surface area (Å²) in [4.78, 5) is 13.5. The Morgan fingerprint density at radius 1 is 1.47 bits per heavy atom. The van der Waals surface area contributed by atoms with E-state index in [-0.39, 0.29) is 24.7 Å². The second-order valence-electron chi connectivity index (χ2n) is 5.53. The van der Waals surface area contributed by atoms with E-state index < -0.39 is 5.60 Å². The molecule has 100 valence electrons. The molecule has 0 radical (unpaired) electrons. The maximum atomic E-state index is 11.9. The van der Waals surface area contributed by atoms with Gasteiger partial charge in [-0.25, -0.2) is 4.79 Å². The van der Waals surface area contributed by atoms with E-state index >= 15 is 0 Å². The standard InChI is InChI=1S/C12H23NO4/c1-12(2,3)17-11(15)13-6-9(8-16-4)5-10(13)7-14/h9-10,14H,5-8H2,1-4H3. The fourth-order valence-corrected chi connectivity index (χ4v) is 2.09. The summed E-state index contributed by atoms with van der Waals surface area (Å²) < 4.78 is 10.4. The highest BCUT2D eigenvalue weighted by molar-refractivity contribution is 5.69. The van der Waals surface area contributed by atoms with E-state index in [1.807, 2.05) is 20.8 Å². The molecule has 1 saturated heterocycles. The van der Waals surface area contributed by atoms with E-state index in [2.05, 4.69) is 0 Å². The lowest BCUT2D eigenvalue weighted by Crippen LogP contribution is -2.41. The van der Waals surface area contributed by atoms with Gasteiger partial charge in [-0.2, -0.15) is 0 Å². The third-order valence-electron chi connectivity index (χ3n) is 2.74. The van der Waals surface area contributed by atoms with Gasteiger partial charge in [0.25, 0.3) is 0 Å². The van der Waals surface area contributed by atoms with Crippen LogP contribution in [-0.4, -0.2) is 54.6 Å². The van der Waals surface area contributed by atoms with Gasteiger partial charge in [0.15, 0.2) is 0 Å². The first-order valence-corrected chi connectivity index (χ1v) is 5.96. The van der Waals surface area contributed by atoms with Crippen molar-refractivity contribution in [1.82, 2.24) is 4.90 Å². The molecule has 5 nitrogen and oxygen atoms in total. The van der Waals surface area contributed by atoms with Crippen LogP contribution in [0.25, 0.3) is 0 Å². The second kappa shape index (κ2) is 5.69. The maximum Gasteiger partial charge on any atom is 0.410 e. The Labute approximate surface area is 103 Å². The predicted octanol–water partition coefficient (Wildman–Crippen LogP) is 1.25. The van der Waals surface area contributed by atoms with Gasteiger partial charge in [-0.05, 0) is 27.2 Å². The van der Waals surface area contributed by atoms with E-state index in [0.29, 0.717) is 13.2 Å². The van der Waals surface area contributed by atoms with E-state index in [9.17, 15) is 9.90 Å². The molecule has 0 bridgehead atoms. The van der Waals surface area contributed by atoms with E-state index in [0.717, 1.165) is 6.42 Å². The molecule has 2 unspecified atom stereocenters. The quantitative estimate of drug-likeness (QED) is 0.813. The zero-order valence-corrected chi connectivity index (χ0v) is 11.1. The molecule has 1 N–H and O–H groups in total. The molecule has 0 saturated carbocycles. The lowest BCUT2D eigenvalue weighted by atomic mass is 10.1. The molecule has 0 aromatic carbocycles. The van der Waals surface area contributed by atoms with Crippen molar-refractivity contribution in [2.45, 2.75) is 38.8 Å². The van der Waals surface area contributed by atoms with Gasteiger partial charge in [-0.15, -0.1) is 0 Å². The summed E-state index contributed by atoms with van der Waals surface area (Å²) in [5.74, 6) is 0.282. The summed E-state index contributed by atoms with van der Waals surface area (Å²) in [7, 11) is 1.64. The second-order valence-corrected chi connectivity index (χ2v) is 5.53. The topological polar surface area (TPSA) is 59.0 Å². The van der Waals surface area contributed by atoms with Crippen LogP contribution in [0.15, 0.2) is 0 Å². The monoisotopic (exact) mass is 245 g/mol. The molecule has 1 rings (SSSR count). The van der Waals surface area contributed by atoms with Crippen molar-refractivity contribution >= 4 is 6.09 Å². The highest BCUT2D eigenvalue weighted by atomic mass is 16.6. The Morgan fingerprint density at radius 3 is 2.59 bits per heavy atom. The molecule has 2 atom stereocenters. The summed E-state index contributed by atoms with van der Waals surface area (Å²) in [5.41, 5.74) is -0.504. The van der Waals surface area contributed by atoms with Gasteiger partial charge in [-0.3, -0.25) is 0 Å². The molecule has 1 fully saturated rings. The largest absolute Gasteiger partial charge is 0.444 e. The summed E-state index contributed by atoms with van der Waals surface area (Å²) >= 11 is 0. The highest BCUT2D eigenvalue weighted by Crippen LogP contribution is 2.25. The fraction of sp³-hybridized carbons (Fsp3) is 0.917. The lowest BCUT2D eigenvalue weighted by molar-refractivity contribution is 0.0168. The van der Waals surface area contributed by atoms with Crippen molar-refractivity contribution in [3.8, 4) is 0 Å². The van der Waals surface area contributed by atoms with Crippen LogP contribution in [0.2, 0.25) is 0 Å².